The molecule has 144 valence electrons. The summed E-state index contributed by atoms with van der Waals surface area (Å²) < 4.78 is 5.15. The molecule has 0 saturated carbocycles. The van der Waals surface area contributed by atoms with Crippen LogP contribution in [-0.2, 0) is 0 Å². The number of ether oxygens (including phenoxy) is 1. The number of methoxy groups -OCH3 is 1. The molecule has 28 heavy (non-hydrogen) atoms. The van der Waals surface area contributed by atoms with Crippen molar-refractivity contribution in [2.75, 3.05) is 17.7 Å². The molecule has 0 spiro atoms. The van der Waals surface area contributed by atoms with E-state index >= 15 is 0 Å². The van der Waals surface area contributed by atoms with Crippen LogP contribution in [0.25, 0.3) is 0 Å². The van der Waals surface area contributed by atoms with Crippen LogP contribution in [0.3, 0.4) is 0 Å². The van der Waals surface area contributed by atoms with E-state index in [-0.39, 0.29) is 11.6 Å². The van der Waals surface area contributed by atoms with Crippen molar-refractivity contribution in [2.24, 2.45) is 0 Å². The highest BCUT2D eigenvalue weighted by molar-refractivity contribution is 6.32. The third-order valence-electron chi connectivity index (χ3n) is 4.12. The van der Waals surface area contributed by atoms with Crippen molar-refractivity contribution in [3.8, 4) is 5.75 Å². The number of carbonyl (C=O) groups excluding carboxylic acids is 1. The van der Waals surface area contributed by atoms with Crippen LogP contribution < -0.4 is 15.4 Å². The Balaban J connectivity index is 1.82. The van der Waals surface area contributed by atoms with Crippen molar-refractivity contribution in [3.05, 3.63) is 70.0 Å². The fourth-order valence-electron chi connectivity index (χ4n) is 2.75. The number of nitrogens with one attached hydrogen (secondary N) is 2. The molecule has 3 aromatic rings. The second-order valence-corrected chi connectivity index (χ2v) is 6.87. The Morgan fingerprint density at radius 3 is 2.50 bits per heavy atom. The Labute approximate surface area is 168 Å². The largest absolute Gasteiger partial charge is 0.495 e. The molecule has 7 heteroatoms. The van der Waals surface area contributed by atoms with Gasteiger partial charge >= 0.3 is 0 Å². The normalized spacial score (nSPS) is 10.5. The summed E-state index contributed by atoms with van der Waals surface area (Å²) in [5.74, 6) is 0.589. The van der Waals surface area contributed by atoms with Crippen LogP contribution in [0.4, 0.5) is 17.3 Å². The van der Waals surface area contributed by atoms with E-state index < -0.39 is 0 Å². The van der Waals surface area contributed by atoms with Crippen molar-refractivity contribution in [1.82, 2.24) is 9.97 Å². The monoisotopic (exact) mass is 396 g/mol. The third-order valence-corrected chi connectivity index (χ3v) is 4.42. The van der Waals surface area contributed by atoms with Gasteiger partial charge in [0.1, 0.15) is 11.4 Å². The summed E-state index contributed by atoms with van der Waals surface area (Å²) in [6.07, 6.45) is 0. The molecule has 0 aliphatic rings. The highest BCUT2D eigenvalue weighted by atomic mass is 35.5. The van der Waals surface area contributed by atoms with Crippen LogP contribution in [0.5, 0.6) is 5.75 Å². The van der Waals surface area contributed by atoms with Gasteiger partial charge in [-0.15, -0.1) is 0 Å². The topological polar surface area (TPSA) is 76.1 Å². The predicted molar refractivity (Wildman–Crippen MR) is 112 cm³/mol. The van der Waals surface area contributed by atoms with E-state index in [0.717, 1.165) is 16.8 Å². The predicted octanol–water partition coefficient (Wildman–Crippen LogP) is 5.06. The minimum absolute atomic E-state index is 0.273. The number of halogens is 1. The highest BCUT2D eigenvalue weighted by Gasteiger charge is 2.13. The Morgan fingerprint density at radius 2 is 1.82 bits per heavy atom. The molecule has 3 rings (SSSR count). The van der Waals surface area contributed by atoms with E-state index in [9.17, 15) is 4.79 Å². The van der Waals surface area contributed by atoms with Crippen molar-refractivity contribution in [2.45, 2.75) is 20.8 Å². The summed E-state index contributed by atoms with van der Waals surface area (Å²) in [4.78, 5) is 21.4. The molecule has 2 N–H and O–H groups in total. The molecule has 2 aromatic carbocycles. The van der Waals surface area contributed by atoms with Crippen LogP contribution in [0.2, 0.25) is 5.02 Å². The van der Waals surface area contributed by atoms with Gasteiger partial charge in [0.25, 0.3) is 5.91 Å². The zero-order valence-electron chi connectivity index (χ0n) is 16.1. The van der Waals surface area contributed by atoms with E-state index in [1.165, 1.54) is 0 Å². The molecule has 0 aliphatic carbocycles. The van der Waals surface area contributed by atoms with Crippen molar-refractivity contribution in [3.63, 3.8) is 0 Å². The van der Waals surface area contributed by atoms with Gasteiger partial charge in [-0.2, -0.15) is 0 Å². The van der Waals surface area contributed by atoms with Gasteiger partial charge in [0.05, 0.1) is 12.1 Å². The standard InChI is InChI=1S/C21H21ClN4O2/c1-12-5-7-17(13(2)9-12)25-20(27)18-10-14(3)23-21(26-18)24-15-6-8-19(28-4)16(22)11-15/h5-11H,1-4H3,(H,25,27)(H,23,24,26). The molecule has 0 atom stereocenters. The van der Waals surface area contributed by atoms with Gasteiger partial charge in [-0.05, 0) is 56.7 Å². The summed E-state index contributed by atoms with van der Waals surface area (Å²) >= 11 is 6.15. The summed E-state index contributed by atoms with van der Waals surface area (Å²) in [6, 6.07) is 12.7. The molecular formula is C21H21ClN4O2. The molecular weight excluding hydrogens is 376 g/mol. The molecule has 1 heterocycles. The summed E-state index contributed by atoms with van der Waals surface area (Å²) in [5.41, 5.74) is 4.52. The molecule has 0 bridgehead atoms. The second kappa shape index (κ2) is 8.27. The van der Waals surface area contributed by atoms with Crippen LogP contribution in [0.15, 0.2) is 42.5 Å². The number of hydrogen-bond acceptors (Lipinski definition) is 5. The maximum atomic E-state index is 12.7. The fraction of sp³-hybridized carbons (Fsp3) is 0.190. The van der Waals surface area contributed by atoms with Crippen molar-refractivity contribution >= 4 is 34.8 Å². The Morgan fingerprint density at radius 1 is 1.04 bits per heavy atom. The lowest BCUT2D eigenvalue weighted by atomic mass is 10.1. The van der Waals surface area contributed by atoms with Crippen LogP contribution in [0, 0.1) is 20.8 Å². The first kappa shape index (κ1) is 19.6. The number of benzene rings is 2. The van der Waals surface area contributed by atoms with Gasteiger partial charge in [0.15, 0.2) is 0 Å². The van der Waals surface area contributed by atoms with Gasteiger partial charge in [-0.25, -0.2) is 9.97 Å². The maximum absolute atomic E-state index is 12.7. The molecule has 0 saturated heterocycles. The highest BCUT2D eigenvalue weighted by Crippen LogP contribution is 2.28. The lowest BCUT2D eigenvalue weighted by molar-refractivity contribution is 0.102. The Bertz CT molecular complexity index is 1040. The lowest BCUT2D eigenvalue weighted by Gasteiger charge is -2.11. The number of aryl methyl sites for hydroxylation is 3. The van der Waals surface area contributed by atoms with Crippen LogP contribution >= 0.6 is 11.6 Å². The van der Waals surface area contributed by atoms with Gasteiger partial charge in [-0.1, -0.05) is 29.3 Å². The smallest absolute Gasteiger partial charge is 0.274 e. The third kappa shape index (κ3) is 4.58. The van der Waals surface area contributed by atoms with Gasteiger partial charge < -0.3 is 15.4 Å². The number of aromatic nitrogens is 2. The number of amides is 1. The summed E-state index contributed by atoms with van der Waals surface area (Å²) in [5, 5.41) is 6.44. The van der Waals surface area contributed by atoms with Crippen molar-refractivity contribution in [1.29, 1.82) is 0 Å². The molecule has 0 unspecified atom stereocenters. The van der Waals surface area contributed by atoms with Crippen LogP contribution in [-0.4, -0.2) is 23.0 Å². The minimum atomic E-state index is -0.298. The minimum Gasteiger partial charge on any atom is -0.495 e. The van der Waals surface area contributed by atoms with Crippen LogP contribution in [0.1, 0.15) is 27.3 Å². The number of carbonyl (C=O) groups is 1. The molecule has 0 aliphatic heterocycles. The average Bonchev–Trinajstić information content (AvgIpc) is 2.63. The molecule has 1 aromatic heterocycles. The first-order chi connectivity index (χ1) is 13.4. The van der Waals surface area contributed by atoms with E-state index in [1.807, 2.05) is 39.0 Å². The van der Waals surface area contributed by atoms with Gasteiger partial charge in [0, 0.05) is 17.1 Å². The maximum Gasteiger partial charge on any atom is 0.274 e. The number of anilines is 3. The van der Waals surface area contributed by atoms with Crippen molar-refractivity contribution < 1.29 is 9.53 Å². The zero-order chi connectivity index (χ0) is 20.3. The molecule has 0 fully saturated rings. The SMILES string of the molecule is COc1ccc(Nc2nc(C)cc(C(=O)Nc3ccc(C)cc3C)n2)cc1Cl. The molecule has 6 nitrogen and oxygen atoms in total. The number of nitrogens with zero attached hydrogens (tertiary/aromatic N) is 2. The first-order valence-electron chi connectivity index (χ1n) is 8.70. The fourth-order valence-corrected chi connectivity index (χ4v) is 3.01. The van der Waals surface area contributed by atoms with E-state index in [2.05, 4.69) is 20.6 Å². The zero-order valence-corrected chi connectivity index (χ0v) is 16.9. The Hall–Kier alpha value is -3.12. The Kier molecular flexibility index (Phi) is 5.80. The number of hydrogen-bond donors (Lipinski definition) is 2. The van der Waals surface area contributed by atoms with E-state index in [1.54, 1.807) is 31.4 Å². The number of rotatable bonds is 5. The quantitative estimate of drug-likeness (QED) is 0.630. The van der Waals surface area contributed by atoms with E-state index in [4.69, 9.17) is 16.3 Å². The molecule has 0 radical (unpaired) electrons. The molecule has 1 amide bonds. The first-order valence-corrected chi connectivity index (χ1v) is 9.08. The summed E-state index contributed by atoms with van der Waals surface area (Å²) in [7, 11) is 1.55. The second-order valence-electron chi connectivity index (χ2n) is 6.46. The van der Waals surface area contributed by atoms with E-state index in [0.29, 0.717) is 28.1 Å². The summed E-state index contributed by atoms with van der Waals surface area (Å²) in [6.45, 7) is 5.77. The van der Waals surface area contributed by atoms with Gasteiger partial charge in [-0.3, -0.25) is 4.79 Å². The van der Waals surface area contributed by atoms with Gasteiger partial charge in [0.2, 0.25) is 5.95 Å². The average molecular weight is 397 g/mol. The lowest BCUT2D eigenvalue weighted by Crippen LogP contribution is -2.16.